The normalized spacial score (nSPS) is 22.4. The molecule has 0 radical (unpaired) electrons. The zero-order chi connectivity index (χ0) is 26.7. The average molecular weight is 501 g/mol. The van der Waals surface area contributed by atoms with E-state index in [0.29, 0.717) is 25.2 Å². The summed E-state index contributed by atoms with van der Waals surface area (Å²) in [5.74, 6) is 0.466. The van der Waals surface area contributed by atoms with Crippen LogP contribution >= 0.6 is 0 Å². The van der Waals surface area contributed by atoms with E-state index in [2.05, 4.69) is 26.0 Å². The van der Waals surface area contributed by atoms with Gasteiger partial charge in [0.05, 0.1) is 0 Å². The fourth-order valence-corrected chi connectivity index (χ4v) is 6.58. The minimum absolute atomic E-state index is 0.102. The van der Waals surface area contributed by atoms with Gasteiger partial charge in [-0.05, 0) is 73.5 Å². The predicted octanol–water partition coefficient (Wildman–Crippen LogP) is 7.75. The number of ketones is 3. The topological polar surface area (TPSA) is 51.2 Å². The molecule has 2 aromatic rings. The second-order valence-corrected chi connectivity index (χ2v) is 12.6. The highest BCUT2D eigenvalue weighted by molar-refractivity contribution is 5.98. The van der Waals surface area contributed by atoms with E-state index in [1.807, 2.05) is 57.2 Å². The second kappa shape index (κ2) is 11.5. The van der Waals surface area contributed by atoms with E-state index in [0.717, 1.165) is 41.5 Å². The molecule has 4 rings (SSSR count). The van der Waals surface area contributed by atoms with E-state index in [9.17, 15) is 14.4 Å². The van der Waals surface area contributed by atoms with Crippen molar-refractivity contribution in [3.05, 3.63) is 70.8 Å². The van der Waals surface area contributed by atoms with E-state index < -0.39 is 0 Å². The molecule has 0 heterocycles. The van der Waals surface area contributed by atoms with Crippen molar-refractivity contribution in [3.8, 4) is 0 Å². The second-order valence-electron chi connectivity index (χ2n) is 12.6. The molecule has 37 heavy (non-hydrogen) atoms. The summed E-state index contributed by atoms with van der Waals surface area (Å²) in [6, 6.07) is 16.1. The number of aryl methyl sites for hydroxylation is 1. The Morgan fingerprint density at radius 2 is 1.65 bits per heavy atom. The quantitative estimate of drug-likeness (QED) is 0.280. The van der Waals surface area contributed by atoms with E-state index in [-0.39, 0.29) is 46.4 Å². The van der Waals surface area contributed by atoms with Gasteiger partial charge in [0.25, 0.3) is 0 Å². The van der Waals surface area contributed by atoms with Crippen LogP contribution in [0.3, 0.4) is 0 Å². The maximum Gasteiger partial charge on any atom is 0.163 e. The van der Waals surface area contributed by atoms with Gasteiger partial charge in [0, 0.05) is 36.2 Å². The lowest BCUT2D eigenvalue weighted by molar-refractivity contribution is -0.136. The first-order chi connectivity index (χ1) is 17.6. The third-order valence-corrected chi connectivity index (χ3v) is 9.40. The summed E-state index contributed by atoms with van der Waals surface area (Å²) in [7, 11) is 0. The maximum atomic E-state index is 14.1. The highest BCUT2D eigenvalue weighted by Gasteiger charge is 2.50. The third-order valence-electron chi connectivity index (χ3n) is 9.40. The van der Waals surface area contributed by atoms with Crippen molar-refractivity contribution in [2.45, 2.75) is 86.0 Å². The Hall–Kier alpha value is -2.55. The number of hydrogen-bond acceptors (Lipinski definition) is 3. The molecule has 0 bridgehead atoms. The van der Waals surface area contributed by atoms with Crippen molar-refractivity contribution in [3.63, 3.8) is 0 Å². The lowest BCUT2D eigenvalue weighted by Gasteiger charge is -2.32. The lowest BCUT2D eigenvalue weighted by atomic mass is 9.70. The molecular weight excluding hydrogens is 456 g/mol. The van der Waals surface area contributed by atoms with Gasteiger partial charge in [-0.1, -0.05) is 82.1 Å². The summed E-state index contributed by atoms with van der Waals surface area (Å²) in [6.45, 7) is 10.4. The van der Waals surface area contributed by atoms with Gasteiger partial charge in [0.15, 0.2) is 5.78 Å². The smallest absolute Gasteiger partial charge is 0.163 e. The van der Waals surface area contributed by atoms with Crippen molar-refractivity contribution in [1.29, 1.82) is 0 Å². The molecule has 2 aliphatic carbocycles. The summed E-state index contributed by atoms with van der Waals surface area (Å²) in [5, 5.41) is 0. The Kier molecular flexibility index (Phi) is 8.51. The summed E-state index contributed by atoms with van der Waals surface area (Å²) >= 11 is 0. The van der Waals surface area contributed by atoms with Crippen molar-refractivity contribution < 1.29 is 14.4 Å². The highest BCUT2D eigenvalue weighted by atomic mass is 16.1. The van der Waals surface area contributed by atoms with Crippen molar-refractivity contribution in [2.75, 3.05) is 0 Å². The predicted molar refractivity (Wildman–Crippen MR) is 150 cm³/mol. The molecule has 3 nitrogen and oxygen atoms in total. The number of Topliss-reactive ketones (excluding diaryl/α,β-unsaturated/α-hetero) is 3. The SMILES string of the molecule is Cc1cccc(C(=O)CC(Cc2ccccc2)C(C)C(=O)C2CCC(C)(C)C2C(=O)CCC2CC2)c1C. The molecule has 0 amide bonds. The van der Waals surface area contributed by atoms with E-state index in [4.69, 9.17) is 0 Å². The van der Waals surface area contributed by atoms with Gasteiger partial charge in [-0.3, -0.25) is 14.4 Å². The minimum Gasteiger partial charge on any atom is -0.299 e. The van der Waals surface area contributed by atoms with Crippen LogP contribution in [-0.4, -0.2) is 17.3 Å². The van der Waals surface area contributed by atoms with Gasteiger partial charge in [0.1, 0.15) is 11.6 Å². The first kappa shape index (κ1) is 27.5. The van der Waals surface area contributed by atoms with Crippen LogP contribution in [-0.2, 0) is 16.0 Å². The molecule has 0 N–H and O–H groups in total. The van der Waals surface area contributed by atoms with E-state index in [1.54, 1.807) is 0 Å². The molecule has 3 heteroatoms. The van der Waals surface area contributed by atoms with Crippen LogP contribution in [0.25, 0.3) is 0 Å². The first-order valence-electron chi connectivity index (χ1n) is 14.3. The van der Waals surface area contributed by atoms with Gasteiger partial charge in [-0.15, -0.1) is 0 Å². The number of benzene rings is 2. The molecule has 0 aromatic heterocycles. The molecule has 198 valence electrons. The molecule has 0 aliphatic heterocycles. The monoisotopic (exact) mass is 500 g/mol. The van der Waals surface area contributed by atoms with Crippen LogP contribution in [0, 0.1) is 48.9 Å². The molecule has 2 saturated carbocycles. The molecule has 2 aromatic carbocycles. The Morgan fingerprint density at radius 1 is 0.946 bits per heavy atom. The Balaban J connectivity index is 1.56. The van der Waals surface area contributed by atoms with Crippen LogP contribution in [0.15, 0.2) is 48.5 Å². The van der Waals surface area contributed by atoms with Crippen LogP contribution in [0.5, 0.6) is 0 Å². The minimum atomic E-state index is -0.285. The summed E-state index contributed by atoms with van der Waals surface area (Å²) in [4.78, 5) is 41.1. The number of rotatable bonds is 12. The summed E-state index contributed by atoms with van der Waals surface area (Å²) < 4.78 is 0. The third kappa shape index (κ3) is 6.48. The zero-order valence-electron chi connectivity index (χ0n) is 23.4. The van der Waals surface area contributed by atoms with Gasteiger partial charge in [-0.25, -0.2) is 0 Å². The van der Waals surface area contributed by atoms with Crippen LogP contribution < -0.4 is 0 Å². The summed E-state index contributed by atoms with van der Waals surface area (Å²) in [6.07, 6.45) is 6.77. The molecule has 0 spiro atoms. The van der Waals surface area contributed by atoms with E-state index >= 15 is 0 Å². The molecule has 4 atom stereocenters. The maximum absolute atomic E-state index is 14.1. The number of carbonyl (C=O) groups is 3. The van der Waals surface area contributed by atoms with Crippen LogP contribution in [0.4, 0.5) is 0 Å². The molecule has 0 saturated heterocycles. The van der Waals surface area contributed by atoms with Crippen molar-refractivity contribution in [2.24, 2.45) is 35.0 Å². The van der Waals surface area contributed by atoms with Gasteiger partial charge in [-0.2, -0.15) is 0 Å². The van der Waals surface area contributed by atoms with E-state index in [1.165, 1.54) is 12.8 Å². The largest absolute Gasteiger partial charge is 0.299 e. The Bertz CT molecular complexity index is 1130. The average Bonchev–Trinajstić information content (AvgIpc) is 3.65. The summed E-state index contributed by atoms with van der Waals surface area (Å²) in [5.41, 5.74) is 3.88. The number of carbonyl (C=O) groups excluding carboxylic acids is 3. The molecular formula is C34H44O3. The lowest BCUT2D eigenvalue weighted by Crippen LogP contribution is -2.38. The standard InChI is InChI=1S/C34H44O3/c1-22-10-9-13-28(23(22)2)31(36)21-27(20-26-11-7-6-8-12-26)24(3)33(37)29-18-19-34(4,5)32(29)30(35)17-16-25-14-15-25/h6-13,24-25,27,29,32H,14-21H2,1-5H3. The van der Waals surface area contributed by atoms with Crippen LogP contribution in [0.1, 0.15) is 92.8 Å². The van der Waals surface area contributed by atoms with Gasteiger partial charge in [0.2, 0.25) is 0 Å². The van der Waals surface area contributed by atoms with Crippen molar-refractivity contribution in [1.82, 2.24) is 0 Å². The zero-order valence-corrected chi connectivity index (χ0v) is 23.4. The first-order valence-corrected chi connectivity index (χ1v) is 14.3. The Labute approximate surface area is 223 Å². The van der Waals surface area contributed by atoms with Gasteiger partial charge < -0.3 is 0 Å². The highest BCUT2D eigenvalue weighted by Crippen LogP contribution is 2.49. The molecule has 2 aliphatic rings. The van der Waals surface area contributed by atoms with Gasteiger partial charge >= 0.3 is 0 Å². The fraction of sp³-hybridized carbons (Fsp3) is 0.559. The molecule has 4 unspecified atom stereocenters. The molecule has 2 fully saturated rings. The Morgan fingerprint density at radius 3 is 2.32 bits per heavy atom. The fourth-order valence-electron chi connectivity index (χ4n) is 6.58. The van der Waals surface area contributed by atoms with Crippen LogP contribution in [0.2, 0.25) is 0 Å². The number of hydrogen-bond donors (Lipinski definition) is 0. The van der Waals surface area contributed by atoms with Crippen molar-refractivity contribution >= 4 is 17.3 Å².